The van der Waals surface area contributed by atoms with Crippen LogP contribution in [0.1, 0.15) is 39.0 Å². The lowest BCUT2D eigenvalue weighted by molar-refractivity contribution is -0.0882. The molecule has 0 saturated heterocycles. The van der Waals surface area contributed by atoms with Crippen molar-refractivity contribution in [3.05, 3.63) is 35.1 Å². The average Bonchev–Trinajstić information content (AvgIpc) is 2.37. The molecule has 0 aromatic heterocycles. The lowest BCUT2D eigenvalue weighted by Crippen LogP contribution is -2.22. The van der Waals surface area contributed by atoms with Crippen LogP contribution in [0.25, 0.3) is 0 Å². The zero-order valence-corrected chi connectivity index (χ0v) is 12.8. The molecular weight excluding hydrogens is 277 g/mol. The van der Waals surface area contributed by atoms with Gasteiger partial charge in [0.25, 0.3) is 0 Å². The van der Waals surface area contributed by atoms with E-state index in [1.807, 2.05) is 14.0 Å². The molecule has 0 saturated carbocycles. The number of unbranched alkanes of at least 4 members (excludes halogenated alkanes) is 1. The van der Waals surface area contributed by atoms with Gasteiger partial charge >= 0.3 is 6.18 Å². The van der Waals surface area contributed by atoms with E-state index in [2.05, 4.69) is 4.90 Å². The molecule has 21 heavy (non-hydrogen) atoms. The van der Waals surface area contributed by atoms with E-state index in [9.17, 15) is 13.2 Å². The molecule has 0 aliphatic heterocycles. The van der Waals surface area contributed by atoms with Crippen LogP contribution in [0.15, 0.2) is 35.1 Å². The Morgan fingerprint density at radius 1 is 1.29 bits per heavy atom. The summed E-state index contributed by atoms with van der Waals surface area (Å²) < 4.78 is 38.9. The van der Waals surface area contributed by atoms with Crippen LogP contribution in [0.3, 0.4) is 0 Å². The molecule has 0 aromatic carbocycles. The maximum Gasteiger partial charge on any atom is 0.416 e. The molecule has 0 aromatic rings. The minimum Gasteiger partial charge on any atom is -0.378 e. The fourth-order valence-electron chi connectivity index (χ4n) is 2.46. The molecule has 0 spiro atoms. The van der Waals surface area contributed by atoms with Gasteiger partial charge in [-0.1, -0.05) is 19.1 Å². The summed E-state index contributed by atoms with van der Waals surface area (Å²) in [6.07, 6.45) is 3.71. The van der Waals surface area contributed by atoms with Gasteiger partial charge in [-0.05, 0) is 50.3 Å². The smallest absolute Gasteiger partial charge is 0.378 e. The second-order valence-electron chi connectivity index (χ2n) is 5.28. The van der Waals surface area contributed by atoms with Gasteiger partial charge < -0.3 is 10.6 Å². The number of nitrogens with two attached hydrogens (primary N) is 1. The van der Waals surface area contributed by atoms with Gasteiger partial charge in [0.05, 0.1) is 5.57 Å². The summed E-state index contributed by atoms with van der Waals surface area (Å²) in [6.45, 7) is 3.38. The van der Waals surface area contributed by atoms with Gasteiger partial charge in [-0.3, -0.25) is 0 Å². The van der Waals surface area contributed by atoms with Gasteiger partial charge in [0, 0.05) is 19.3 Å². The van der Waals surface area contributed by atoms with E-state index >= 15 is 0 Å². The van der Waals surface area contributed by atoms with Crippen molar-refractivity contribution < 1.29 is 13.2 Å². The molecule has 1 rings (SSSR count). The SMILES string of the molecule is CCC1=C(\N(C)CCCCN)CC/C=C/C(C(F)(F)F)=C\1. The molecule has 2 N–H and O–H groups in total. The Balaban J connectivity index is 3.02. The molecule has 1 aliphatic carbocycles. The van der Waals surface area contributed by atoms with Crippen LogP contribution in [-0.4, -0.2) is 31.2 Å². The van der Waals surface area contributed by atoms with Crippen LogP contribution < -0.4 is 5.73 Å². The number of hydrogen-bond donors (Lipinski definition) is 1. The third-order valence-electron chi connectivity index (χ3n) is 3.66. The van der Waals surface area contributed by atoms with Gasteiger partial charge in [-0.15, -0.1) is 0 Å². The summed E-state index contributed by atoms with van der Waals surface area (Å²) in [4.78, 5) is 2.08. The summed E-state index contributed by atoms with van der Waals surface area (Å²) in [5.41, 5.74) is 6.72. The number of hydrogen-bond acceptors (Lipinski definition) is 2. The van der Waals surface area contributed by atoms with Crippen LogP contribution in [0.4, 0.5) is 13.2 Å². The molecule has 5 heteroatoms. The standard InChI is InChI=1S/C16H25F3N2/c1-3-13-12-14(16(17,18)19)8-4-5-9-15(13)21(2)11-7-6-10-20/h4,8,12H,3,5-7,9-11,20H2,1-2H3/b8-4+,14-12+,15-13+. The van der Waals surface area contributed by atoms with Gasteiger partial charge in [0.2, 0.25) is 0 Å². The van der Waals surface area contributed by atoms with Crippen molar-refractivity contribution >= 4 is 0 Å². The van der Waals surface area contributed by atoms with E-state index in [0.717, 1.165) is 37.1 Å². The van der Waals surface area contributed by atoms with Crippen LogP contribution in [0.5, 0.6) is 0 Å². The molecular formula is C16H25F3N2. The Labute approximate surface area is 125 Å². The van der Waals surface area contributed by atoms with Crippen molar-refractivity contribution in [1.29, 1.82) is 0 Å². The Kier molecular flexibility index (Phi) is 7.02. The van der Waals surface area contributed by atoms with E-state index in [4.69, 9.17) is 5.73 Å². The second kappa shape index (κ2) is 8.27. The first kappa shape index (κ1) is 17.8. The van der Waals surface area contributed by atoms with Gasteiger partial charge in [-0.2, -0.15) is 13.2 Å². The first-order valence-corrected chi connectivity index (χ1v) is 7.48. The van der Waals surface area contributed by atoms with Crippen molar-refractivity contribution in [2.75, 3.05) is 20.1 Å². The van der Waals surface area contributed by atoms with E-state index in [1.165, 1.54) is 12.2 Å². The predicted octanol–water partition coefficient (Wildman–Crippen LogP) is 4.16. The Bertz CT molecular complexity index is 420. The summed E-state index contributed by atoms with van der Waals surface area (Å²) in [7, 11) is 1.95. The monoisotopic (exact) mass is 302 g/mol. The third kappa shape index (κ3) is 5.58. The molecule has 0 unspecified atom stereocenters. The summed E-state index contributed by atoms with van der Waals surface area (Å²) in [5, 5.41) is 0. The zero-order chi connectivity index (χ0) is 15.9. The van der Waals surface area contributed by atoms with Crippen molar-refractivity contribution in [1.82, 2.24) is 4.90 Å². The van der Waals surface area contributed by atoms with E-state index < -0.39 is 11.7 Å². The van der Waals surface area contributed by atoms with Crippen molar-refractivity contribution in [2.45, 2.75) is 45.2 Å². The van der Waals surface area contributed by atoms with Crippen molar-refractivity contribution in [3.8, 4) is 0 Å². The Morgan fingerprint density at radius 2 is 2.00 bits per heavy atom. The van der Waals surface area contributed by atoms with Crippen LogP contribution in [0, 0.1) is 0 Å². The quantitative estimate of drug-likeness (QED) is 0.747. The Morgan fingerprint density at radius 3 is 2.57 bits per heavy atom. The minimum atomic E-state index is -4.29. The van der Waals surface area contributed by atoms with Crippen LogP contribution in [0.2, 0.25) is 0 Å². The highest BCUT2D eigenvalue weighted by Crippen LogP contribution is 2.31. The zero-order valence-electron chi connectivity index (χ0n) is 12.8. The van der Waals surface area contributed by atoms with Crippen molar-refractivity contribution in [3.63, 3.8) is 0 Å². The van der Waals surface area contributed by atoms with Gasteiger partial charge in [0.1, 0.15) is 0 Å². The molecule has 0 heterocycles. The highest BCUT2D eigenvalue weighted by Gasteiger charge is 2.32. The molecule has 0 fully saturated rings. The van der Waals surface area contributed by atoms with Crippen molar-refractivity contribution in [2.24, 2.45) is 5.73 Å². The normalized spacial score (nSPS) is 24.0. The van der Waals surface area contributed by atoms with Gasteiger partial charge in [0.15, 0.2) is 0 Å². The number of halogens is 3. The molecule has 0 bridgehead atoms. The van der Waals surface area contributed by atoms with Gasteiger partial charge in [-0.25, -0.2) is 0 Å². The second-order valence-corrected chi connectivity index (χ2v) is 5.28. The Hall–Kier alpha value is -1.23. The number of alkyl halides is 3. The summed E-state index contributed by atoms with van der Waals surface area (Å²) in [5.74, 6) is 0. The summed E-state index contributed by atoms with van der Waals surface area (Å²) >= 11 is 0. The minimum absolute atomic E-state index is 0.563. The average molecular weight is 302 g/mol. The highest BCUT2D eigenvalue weighted by molar-refractivity contribution is 5.37. The lowest BCUT2D eigenvalue weighted by atomic mass is 9.99. The first-order valence-electron chi connectivity index (χ1n) is 7.48. The number of rotatable bonds is 6. The van der Waals surface area contributed by atoms with E-state index in [1.54, 1.807) is 6.08 Å². The number of allylic oxidation sites excluding steroid dienone is 6. The topological polar surface area (TPSA) is 29.3 Å². The maximum atomic E-state index is 13.0. The molecule has 0 atom stereocenters. The fourth-order valence-corrected chi connectivity index (χ4v) is 2.46. The molecule has 120 valence electrons. The van der Waals surface area contributed by atoms with Crippen LogP contribution >= 0.6 is 0 Å². The highest BCUT2D eigenvalue weighted by atomic mass is 19.4. The molecule has 0 amide bonds. The van der Waals surface area contributed by atoms with E-state index in [-0.39, 0.29) is 0 Å². The lowest BCUT2D eigenvalue weighted by Gasteiger charge is -2.26. The molecule has 0 radical (unpaired) electrons. The number of nitrogens with zero attached hydrogens (tertiary/aromatic N) is 1. The third-order valence-corrected chi connectivity index (χ3v) is 3.66. The fraction of sp³-hybridized carbons (Fsp3) is 0.625. The molecule has 2 nitrogen and oxygen atoms in total. The largest absolute Gasteiger partial charge is 0.416 e. The molecule has 1 aliphatic rings. The van der Waals surface area contributed by atoms with Crippen LogP contribution in [-0.2, 0) is 0 Å². The first-order chi connectivity index (χ1) is 9.90. The van der Waals surface area contributed by atoms with E-state index in [0.29, 0.717) is 19.4 Å². The maximum absolute atomic E-state index is 13.0. The predicted molar refractivity (Wildman–Crippen MR) is 80.7 cm³/mol. The summed E-state index contributed by atoms with van der Waals surface area (Å²) in [6, 6.07) is 0.